The molecule has 0 aliphatic rings. The third kappa shape index (κ3) is 3.81. The van der Waals surface area contributed by atoms with Crippen molar-refractivity contribution in [2.24, 2.45) is 0 Å². The van der Waals surface area contributed by atoms with Gasteiger partial charge in [-0.25, -0.2) is 4.98 Å². The van der Waals surface area contributed by atoms with Gasteiger partial charge >= 0.3 is 0 Å². The van der Waals surface area contributed by atoms with E-state index in [1.807, 2.05) is 42.7 Å². The molecule has 0 amide bonds. The molecule has 0 bridgehead atoms. The molecule has 0 unspecified atom stereocenters. The normalized spacial score (nSPS) is 11.3. The maximum Gasteiger partial charge on any atom is 0.136 e. The van der Waals surface area contributed by atoms with E-state index in [1.54, 1.807) is 0 Å². The fraction of sp³-hybridized carbons (Fsp3) is 0.0303. The SMILES string of the molecule is c1ccc(C(c2ccccc2)(c2cccc(-c3ccccn3)c2)c2ccn(-c3ccccn3)c2)cc1. The molecule has 0 saturated carbocycles. The van der Waals surface area contributed by atoms with Crippen molar-refractivity contribution in [1.82, 2.24) is 14.5 Å². The van der Waals surface area contributed by atoms with Gasteiger partial charge in [-0.05, 0) is 58.7 Å². The van der Waals surface area contributed by atoms with Crippen LogP contribution in [0.15, 0.2) is 152 Å². The first-order valence-corrected chi connectivity index (χ1v) is 12.1. The van der Waals surface area contributed by atoms with Crippen LogP contribution in [0.3, 0.4) is 0 Å². The van der Waals surface area contributed by atoms with Gasteiger partial charge in [0.15, 0.2) is 0 Å². The molecule has 36 heavy (non-hydrogen) atoms. The lowest BCUT2D eigenvalue weighted by Gasteiger charge is -2.36. The molecule has 6 aromatic rings. The highest BCUT2D eigenvalue weighted by molar-refractivity contribution is 5.66. The lowest BCUT2D eigenvalue weighted by Crippen LogP contribution is -2.30. The van der Waals surface area contributed by atoms with Crippen molar-refractivity contribution in [3.8, 4) is 17.1 Å². The summed E-state index contributed by atoms with van der Waals surface area (Å²) < 4.78 is 2.10. The van der Waals surface area contributed by atoms with Gasteiger partial charge in [0.25, 0.3) is 0 Å². The van der Waals surface area contributed by atoms with Crippen LogP contribution >= 0.6 is 0 Å². The van der Waals surface area contributed by atoms with Crippen LogP contribution < -0.4 is 0 Å². The lowest BCUT2D eigenvalue weighted by molar-refractivity contribution is 0.744. The summed E-state index contributed by atoms with van der Waals surface area (Å²) in [6.07, 6.45) is 7.97. The Morgan fingerprint density at radius 2 is 1.14 bits per heavy atom. The Hall–Kier alpha value is -4.76. The molecule has 0 atom stereocenters. The number of benzene rings is 3. The summed E-state index contributed by atoms with van der Waals surface area (Å²) >= 11 is 0. The van der Waals surface area contributed by atoms with Crippen LogP contribution in [-0.4, -0.2) is 14.5 Å². The van der Waals surface area contributed by atoms with Crippen molar-refractivity contribution in [3.05, 3.63) is 174 Å². The molecule has 3 nitrogen and oxygen atoms in total. The number of rotatable bonds is 6. The zero-order chi connectivity index (χ0) is 24.2. The van der Waals surface area contributed by atoms with Crippen LogP contribution in [-0.2, 0) is 5.41 Å². The Bertz CT molecular complexity index is 1520. The minimum absolute atomic E-state index is 0.534. The van der Waals surface area contributed by atoms with E-state index in [0.717, 1.165) is 17.1 Å². The Morgan fingerprint density at radius 1 is 0.500 bits per heavy atom. The van der Waals surface area contributed by atoms with Crippen LogP contribution in [0.25, 0.3) is 17.1 Å². The highest BCUT2D eigenvalue weighted by Crippen LogP contribution is 2.46. The van der Waals surface area contributed by atoms with E-state index >= 15 is 0 Å². The topological polar surface area (TPSA) is 30.7 Å². The van der Waals surface area contributed by atoms with E-state index in [4.69, 9.17) is 0 Å². The monoisotopic (exact) mass is 463 g/mol. The molecular formula is C33H25N3. The van der Waals surface area contributed by atoms with Gasteiger partial charge in [-0.15, -0.1) is 0 Å². The summed E-state index contributed by atoms with van der Waals surface area (Å²) in [5, 5.41) is 0. The van der Waals surface area contributed by atoms with Crippen molar-refractivity contribution in [1.29, 1.82) is 0 Å². The number of pyridine rings is 2. The lowest BCUT2D eigenvalue weighted by atomic mass is 9.65. The van der Waals surface area contributed by atoms with Crippen molar-refractivity contribution in [3.63, 3.8) is 0 Å². The average molecular weight is 464 g/mol. The average Bonchev–Trinajstić information content (AvgIpc) is 3.46. The molecule has 3 aromatic heterocycles. The minimum atomic E-state index is -0.534. The van der Waals surface area contributed by atoms with Gasteiger partial charge in [-0.1, -0.05) is 91.0 Å². The van der Waals surface area contributed by atoms with E-state index in [-0.39, 0.29) is 0 Å². The van der Waals surface area contributed by atoms with Crippen molar-refractivity contribution >= 4 is 0 Å². The van der Waals surface area contributed by atoms with Gasteiger partial charge in [-0.3, -0.25) is 4.98 Å². The van der Waals surface area contributed by atoms with Crippen LogP contribution in [0.1, 0.15) is 22.3 Å². The predicted molar refractivity (Wildman–Crippen MR) is 145 cm³/mol. The van der Waals surface area contributed by atoms with Crippen LogP contribution in [0.2, 0.25) is 0 Å². The zero-order valence-corrected chi connectivity index (χ0v) is 19.8. The number of nitrogens with zero attached hydrogens (tertiary/aromatic N) is 3. The summed E-state index contributed by atoms with van der Waals surface area (Å²) in [6, 6.07) is 44.5. The first kappa shape index (κ1) is 21.8. The standard InChI is InChI=1S/C33H25N3/c1-3-13-27(14-4-1)33(28-15-5-2-6-16-28,30-20-23-36(25-30)32-19-8-10-22-35-32)29-17-11-12-26(24-29)31-18-7-9-21-34-31/h1-25H. The highest BCUT2D eigenvalue weighted by atomic mass is 15.0. The summed E-state index contributed by atoms with van der Waals surface area (Å²) in [5.74, 6) is 0.890. The molecule has 0 aliphatic heterocycles. The summed E-state index contributed by atoms with van der Waals surface area (Å²) in [5.41, 5.74) is 6.27. The van der Waals surface area contributed by atoms with Gasteiger partial charge in [0.05, 0.1) is 11.1 Å². The fourth-order valence-electron chi connectivity index (χ4n) is 5.09. The fourth-order valence-corrected chi connectivity index (χ4v) is 5.09. The first-order valence-electron chi connectivity index (χ1n) is 12.1. The molecule has 3 heteroatoms. The van der Waals surface area contributed by atoms with Crippen molar-refractivity contribution < 1.29 is 0 Å². The van der Waals surface area contributed by atoms with Gasteiger partial charge in [0.2, 0.25) is 0 Å². The Labute approximate surface area is 211 Å². The third-order valence-corrected chi connectivity index (χ3v) is 6.71. The molecule has 6 rings (SSSR count). The second-order valence-corrected chi connectivity index (χ2v) is 8.77. The van der Waals surface area contributed by atoms with E-state index < -0.39 is 5.41 Å². The Kier molecular flexibility index (Phi) is 5.72. The Morgan fingerprint density at radius 3 is 1.78 bits per heavy atom. The van der Waals surface area contributed by atoms with Gasteiger partial charge < -0.3 is 4.57 Å². The summed E-state index contributed by atoms with van der Waals surface area (Å²) in [6.45, 7) is 0. The molecule has 0 fully saturated rings. The maximum absolute atomic E-state index is 4.62. The maximum atomic E-state index is 4.62. The van der Waals surface area contributed by atoms with E-state index in [1.165, 1.54) is 22.3 Å². The quantitative estimate of drug-likeness (QED) is 0.242. The summed E-state index contributed by atoms with van der Waals surface area (Å²) in [4.78, 5) is 9.19. The number of aromatic nitrogens is 3. The molecule has 3 heterocycles. The van der Waals surface area contributed by atoms with Crippen LogP contribution in [0.5, 0.6) is 0 Å². The molecule has 0 saturated heterocycles. The van der Waals surface area contributed by atoms with Crippen molar-refractivity contribution in [2.45, 2.75) is 5.41 Å². The predicted octanol–water partition coefficient (Wildman–Crippen LogP) is 7.32. The molecule has 0 spiro atoms. The third-order valence-electron chi connectivity index (χ3n) is 6.71. The smallest absolute Gasteiger partial charge is 0.136 e. The number of hydrogen-bond acceptors (Lipinski definition) is 2. The minimum Gasteiger partial charge on any atom is -0.308 e. The van der Waals surface area contributed by atoms with E-state index in [0.29, 0.717) is 0 Å². The van der Waals surface area contributed by atoms with Gasteiger partial charge in [-0.2, -0.15) is 0 Å². The molecule has 3 aromatic carbocycles. The Balaban J connectivity index is 1.65. The van der Waals surface area contributed by atoms with Crippen LogP contribution in [0, 0.1) is 0 Å². The molecular weight excluding hydrogens is 438 g/mol. The first-order chi connectivity index (χ1) is 17.9. The molecule has 0 radical (unpaired) electrons. The highest BCUT2D eigenvalue weighted by Gasteiger charge is 2.39. The molecule has 172 valence electrons. The van der Waals surface area contributed by atoms with Crippen molar-refractivity contribution in [2.75, 3.05) is 0 Å². The molecule has 0 aliphatic carbocycles. The zero-order valence-electron chi connectivity index (χ0n) is 19.8. The van der Waals surface area contributed by atoms with Gasteiger partial charge in [0, 0.05) is 30.4 Å². The largest absolute Gasteiger partial charge is 0.308 e. The second-order valence-electron chi connectivity index (χ2n) is 8.77. The molecule has 0 N–H and O–H groups in total. The van der Waals surface area contributed by atoms with E-state index in [9.17, 15) is 0 Å². The van der Waals surface area contributed by atoms with Gasteiger partial charge in [0.1, 0.15) is 5.82 Å². The van der Waals surface area contributed by atoms with E-state index in [2.05, 4.69) is 124 Å². The second kappa shape index (κ2) is 9.47. The van der Waals surface area contributed by atoms with Crippen LogP contribution in [0.4, 0.5) is 0 Å². The summed E-state index contributed by atoms with van der Waals surface area (Å²) in [7, 11) is 0. The number of hydrogen-bond donors (Lipinski definition) is 0.